The lowest BCUT2D eigenvalue weighted by molar-refractivity contribution is -0.120. The van der Waals surface area contributed by atoms with Gasteiger partial charge in [-0.3, -0.25) is 9.59 Å². The number of benzene rings is 2. The van der Waals surface area contributed by atoms with Crippen molar-refractivity contribution in [3.05, 3.63) is 60.2 Å². The fourth-order valence-electron chi connectivity index (χ4n) is 3.26. The van der Waals surface area contributed by atoms with Crippen molar-refractivity contribution in [2.45, 2.75) is 13.3 Å². The van der Waals surface area contributed by atoms with Gasteiger partial charge in [-0.1, -0.05) is 36.4 Å². The molecule has 0 unspecified atom stereocenters. The largest absolute Gasteiger partial charge is 0.504 e. The summed E-state index contributed by atoms with van der Waals surface area (Å²) in [6, 6.07) is 16.3. The lowest BCUT2D eigenvalue weighted by atomic mass is 10.1. The molecule has 0 fully saturated rings. The van der Waals surface area contributed by atoms with Crippen molar-refractivity contribution in [2.75, 3.05) is 43.9 Å². The first-order chi connectivity index (χ1) is 16.9. The predicted octanol–water partition coefficient (Wildman–Crippen LogP) is 2.18. The fourth-order valence-corrected chi connectivity index (χ4v) is 3.26. The molecule has 0 atom stereocenters. The van der Waals surface area contributed by atoms with Gasteiger partial charge in [-0.25, -0.2) is 9.97 Å². The quantitative estimate of drug-likeness (QED) is 0.250. The van der Waals surface area contributed by atoms with Crippen molar-refractivity contribution in [3.8, 4) is 22.9 Å². The van der Waals surface area contributed by atoms with Crippen LogP contribution in [-0.4, -0.2) is 60.2 Å². The van der Waals surface area contributed by atoms with Crippen LogP contribution in [0.1, 0.15) is 12.5 Å². The predicted molar refractivity (Wildman–Crippen MR) is 135 cm³/mol. The zero-order valence-corrected chi connectivity index (χ0v) is 19.8. The number of carbonyl (C=O) groups excluding carboxylic acids is 2. The van der Waals surface area contributed by atoms with E-state index in [0.29, 0.717) is 55.0 Å². The average molecular weight is 479 g/mol. The number of methoxy groups -OCH3 is 1. The second-order valence-corrected chi connectivity index (χ2v) is 7.70. The van der Waals surface area contributed by atoms with E-state index in [2.05, 4.69) is 31.2 Å². The van der Waals surface area contributed by atoms with Gasteiger partial charge in [-0.2, -0.15) is 0 Å². The molecule has 0 aliphatic carbocycles. The van der Waals surface area contributed by atoms with Gasteiger partial charge < -0.3 is 31.1 Å². The van der Waals surface area contributed by atoms with Gasteiger partial charge in [-0.05, 0) is 17.7 Å². The number of ether oxygens (including phenoxy) is 1. The average Bonchev–Trinajstić information content (AvgIpc) is 2.85. The summed E-state index contributed by atoms with van der Waals surface area (Å²) in [4.78, 5) is 32.5. The zero-order valence-electron chi connectivity index (χ0n) is 19.8. The van der Waals surface area contributed by atoms with Gasteiger partial charge in [0.15, 0.2) is 17.3 Å². The monoisotopic (exact) mass is 478 g/mol. The number of anilines is 2. The second-order valence-electron chi connectivity index (χ2n) is 7.70. The molecule has 0 aliphatic heterocycles. The number of phenolic OH excluding ortho intramolecular Hbond substituents is 1. The minimum atomic E-state index is -0.163. The molecule has 10 nitrogen and oxygen atoms in total. The summed E-state index contributed by atoms with van der Waals surface area (Å²) >= 11 is 0. The molecule has 2 amide bonds. The van der Waals surface area contributed by atoms with Crippen LogP contribution >= 0.6 is 0 Å². The van der Waals surface area contributed by atoms with Gasteiger partial charge in [0.25, 0.3) is 0 Å². The topological polar surface area (TPSA) is 138 Å². The van der Waals surface area contributed by atoms with E-state index in [9.17, 15) is 14.7 Å². The van der Waals surface area contributed by atoms with Crippen LogP contribution in [0.15, 0.2) is 54.6 Å². The molecule has 1 aromatic heterocycles. The van der Waals surface area contributed by atoms with Crippen molar-refractivity contribution in [1.82, 2.24) is 20.6 Å². The molecular formula is C25H30N6O4. The number of amides is 2. The number of phenols is 1. The summed E-state index contributed by atoms with van der Waals surface area (Å²) in [6.45, 7) is 3.30. The molecule has 2 aromatic carbocycles. The third-order valence-electron chi connectivity index (χ3n) is 4.92. The number of nitrogens with one attached hydrogen (secondary N) is 4. The molecule has 0 saturated carbocycles. The molecule has 0 spiro atoms. The molecular weight excluding hydrogens is 448 g/mol. The number of aromatic nitrogens is 2. The van der Waals surface area contributed by atoms with Crippen LogP contribution in [0, 0.1) is 0 Å². The number of hydrogen-bond acceptors (Lipinski definition) is 8. The normalized spacial score (nSPS) is 10.3. The van der Waals surface area contributed by atoms with E-state index < -0.39 is 0 Å². The Morgan fingerprint density at radius 1 is 0.886 bits per heavy atom. The molecule has 3 rings (SSSR count). The number of nitrogens with zero attached hydrogens (tertiary/aromatic N) is 2. The van der Waals surface area contributed by atoms with Crippen LogP contribution in [0.2, 0.25) is 0 Å². The molecule has 0 radical (unpaired) electrons. The van der Waals surface area contributed by atoms with E-state index >= 15 is 0 Å². The van der Waals surface area contributed by atoms with Crippen molar-refractivity contribution in [3.63, 3.8) is 0 Å². The van der Waals surface area contributed by atoms with E-state index in [0.717, 1.165) is 5.56 Å². The fraction of sp³-hybridized carbons (Fsp3) is 0.280. The Kier molecular flexibility index (Phi) is 9.23. The van der Waals surface area contributed by atoms with Crippen molar-refractivity contribution in [2.24, 2.45) is 0 Å². The van der Waals surface area contributed by atoms with Crippen molar-refractivity contribution in [1.29, 1.82) is 0 Å². The molecule has 184 valence electrons. The Balaban J connectivity index is 1.55. The summed E-state index contributed by atoms with van der Waals surface area (Å²) in [7, 11) is 1.47. The summed E-state index contributed by atoms with van der Waals surface area (Å²) in [5, 5.41) is 21.9. The highest BCUT2D eigenvalue weighted by Crippen LogP contribution is 2.26. The highest BCUT2D eigenvalue weighted by molar-refractivity contribution is 5.78. The first-order valence-electron chi connectivity index (χ1n) is 11.2. The Hall–Kier alpha value is -4.34. The van der Waals surface area contributed by atoms with Gasteiger partial charge in [0.05, 0.1) is 13.5 Å². The van der Waals surface area contributed by atoms with Crippen LogP contribution in [-0.2, 0) is 16.0 Å². The van der Waals surface area contributed by atoms with Crippen molar-refractivity contribution >= 4 is 23.5 Å². The Bertz CT molecular complexity index is 1140. The molecule has 35 heavy (non-hydrogen) atoms. The van der Waals surface area contributed by atoms with E-state index in [-0.39, 0.29) is 24.0 Å². The van der Waals surface area contributed by atoms with E-state index in [1.54, 1.807) is 18.2 Å². The number of carbonyl (C=O) groups is 2. The lowest BCUT2D eigenvalue weighted by Crippen LogP contribution is -2.30. The minimum Gasteiger partial charge on any atom is -0.504 e. The van der Waals surface area contributed by atoms with Crippen LogP contribution in [0.3, 0.4) is 0 Å². The first-order valence-corrected chi connectivity index (χ1v) is 11.2. The summed E-state index contributed by atoms with van der Waals surface area (Å²) in [6.07, 6.45) is 0.144. The Morgan fingerprint density at radius 3 is 2.14 bits per heavy atom. The van der Waals surface area contributed by atoms with E-state index in [1.807, 2.05) is 30.3 Å². The van der Waals surface area contributed by atoms with Gasteiger partial charge in [0.1, 0.15) is 11.6 Å². The third kappa shape index (κ3) is 8.18. The highest BCUT2D eigenvalue weighted by atomic mass is 16.5. The second kappa shape index (κ2) is 12.8. The standard InChI is InChI=1S/C25H30N6O4/c1-17(32)26-10-11-27-22-16-23(31-25(30-22)19-6-4-3-5-7-19)28-12-13-29-24(34)15-18-8-9-21(35-2)20(33)14-18/h3-9,14,16,33H,10-13,15H2,1-2H3,(H,26,32)(H,29,34)(H2,27,28,30,31). The highest BCUT2D eigenvalue weighted by Gasteiger charge is 2.09. The Morgan fingerprint density at radius 2 is 1.54 bits per heavy atom. The summed E-state index contributed by atoms with van der Waals surface area (Å²) in [5.41, 5.74) is 1.56. The number of rotatable bonds is 12. The molecule has 0 bridgehead atoms. The van der Waals surface area contributed by atoms with E-state index in [4.69, 9.17) is 4.74 Å². The maximum atomic E-state index is 12.3. The summed E-state index contributed by atoms with van der Waals surface area (Å²) < 4.78 is 5.02. The smallest absolute Gasteiger partial charge is 0.224 e. The minimum absolute atomic E-state index is 0.000984. The van der Waals surface area contributed by atoms with Crippen LogP contribution in [0.4, 0.5) is 11.6 Å². The van der Waals surface area contributed by atoms with Crippen LogP contribution in [0.25, 0.3) is 11.4 Å². The zero-order chi connectivity index (χ0) is 25.0. The van der Waals surface area contributed by atoms with Crippen molar-refractivity contribution < 1.29 is 19.4 Å². The van der Waals surface area contributed by atoms with Crippen LogP contribution < -0.4 is 26.0 Å². The molecule has 0 saturated heterocycles. The SMILES string of the molecule is COc1ccc(CC(=O)NCCNc2cc(NCCNC(C)=O)nc(-c3ccccc3)n2)cc1O. The summed E-state index contributed by atoms with van der Waals surface area (Å²) in [5.74, 6) is 1.89. The van der Waals surface area contributed by atoms with Gasteiger partial charge in [0.2, 0.25) is 11.8 Å². The molecule has 3 aromatic rings. The maximum Gasteiger partial charge on any atom is 0.224 e. The molecule has 10 heteroatoms. The molecule has 0 aliphatic rings. The van der Waals surface area contributed by atoms with Gasteiger partial charge in [0, 0.05) is 44.7 Å². The molecule has 5 N–H and O–H groups in total. The number of aromatic hydroxyl groups is 1. The van der Waals surface area contributed by atoms with Gasteiger partial charge in [-0.15, -0.1) is 0 Å². The third-order valence-corrected chi connectivity index (χ3v) is 4.92. The van der Waals surface area contributed by atoms with E-state index in [1.165, 1.54) is 20.1 Å². The number of hydrogen-bond donors (Lipinski definition) is 5. The van der Waals surface area contributed by atoms with Gasteiger partial charge >= 0.3 is 0 Å². The molecule has 1 heterocycles. The lowest BCUT2D eigenvalue weighted by Gasteiger charge is -2.12. The maximum absolute atomic E-state index is 12.3. The first kappa shape index (κ1) is 25.3. The van der Waals surface area contributed by atoms with Crippen LogP contribution in [0.5, 0.6) is 11.5 Å². The Labute approximate surface area is 204 Å².